The molecule has 1 heterocycles. The first-order valence-corrected chi connectivity index (χ1v) is 9.07. The average Bonchev–Trinajstić information content (AvgIpc) is 3.13. The summed E-state index contributed by atoms with van der Waals surface area (Å²) in [5, 5.41) is 0. The van der Waals surface area contributed by atoms with Gasteiger partial charge in [-0.15, -0.1) is 0 Å². The van der Waals surface area contributed by atoms with Gasteiger partial charge in [0.2, 0.25) is 0 Å². The molecule has 1 spiro atoms. The number of rotatable bonds is 9. The predicted molar refractivity (Wildman–Crippen MR) is 87.9 cm³/mol. The van der Waals surface area contributed by atoms with E-state index in [2.05, 4.69) is 25.7 Å². The van der Waals surface area contributed by atoms with Crippen molar-refractivity contribution in [3.63, 3.8) is 0 Å². The number of unbranched alkanes of at least 4 members (excludes halogenated alkanes) is 4. The summed E-state index contributed by atoms with van der Waals surface area (Å²) in [5.41, 5.74) is 7.36. The molecule has 2 atom stereocenters. The fourth-order valence-corrected chi connectivity index (χ4v) is 4.03. The molecule has 2 heteroatoms. The van der Waals surface area contributed by atoms with E-state index in [-0.39, 0.29) is 0 Å². The Morgan fingerprint density at radius 3 is 2.25 bits per heavy atom. The number of nitrogens with two attached hydrogens (primary N) is 1. The van der Waals surface area contributed by atoms with E-state index in [4.69, 9.17) is 5.73 Å². The molecule has 20 heavy (non-hydrogen) atoms. The molecule has 118 valence electrons. The van der Waals surface area contributed by atoms with Crippen molar-refractivity contribution in [1.82, 2.24) is 4.90 Å². The summed E-state index contributed by atoms with van der Waals surface area (Å²) in [6.45, 7) is 9.56. The van der Waals surface area contributed by atoms with Crippen LogP contribution in [0.25, 0.3) is 0 Å². The third-order valence-electron chi connectivity index (χ3n) is 6.00. The zero-order valence-corrected chi connectivity index (χ0v) is 14.1. The van der Waals surface area contributed by atoms with Gasteiger partial charge in [0.05, 0.1) is 0 Å². The van der Waals surface area contributed by atoms with Crippen molar-refractivity contribution in [3.8, 4) is 0 Å². The van der Waals surface area contributed by atoms with Crippen molar-refractivity contribution < 1.29 is 0 Å². The SMILES string of the molecule is CCCCCCC(C)(CCCC)N1CC(N)C2(CC2)C1. The van der Waals surface area contributed by atoms with Crippen LogP contribution in [0.15, 0.2) is 0 Å². The summed E-state index contributed by atoms with van der Waals surface area (Å²) in [6, 6.07) is 0.444. The van der Waals surface area contributed by atoms with Crippen LogP contribution in [0, 0.1) is 5.41 Å². The largest absolute Gasteiger partial charge is 0.326 e. The minimum absolute atomic E-state index is 0.410. The summed E-state index contributed by atoms with van der Waals surface area (Å²) in [7, 11) is 0. The Morgan fingerprint density at radius 1 is 1.05 bits per heavy atom. The van der Waals surface area contributed by atoms with Crippen molar-refractivity contribution in [1.29, 1.82) is 0 Å². The molecule has 0 aromatic rings. The lowest BCUT2D eigenvalue weighted by molar-refractivity contribution is 0.101. The van der Waals surface area contributed by atoms with Gasteiger partial charge < -0.3 is 5.73 Å². The predicted octanol–water partition coefficient (Wildman–Crippen LogP) is 4.33. The maximum Gasteiger partial charge on any atom is 0.0237 e. The van der Waals surface area contributed by atoms with Gasteiger partial charge in [0.25, 0.3) is 0 Å². The molecular weight excluding hydrogens is 244 g/mol. The van der Waals surface area contributed by atoms with E-state index in [9.17, 15) is 0 Å². The van der Waals surface area contributed by atoms with Gasteiger partial charge in [-0.25, -0.2) is 0 Å². The second kappa shape index (κ2) is 6.79. The molecule has 0 aromatic heterocycles. The molecule has 1 saturated carbocycles. The molecule has 0 bridgehead atoms. The van der Waals surface area contributed by atoms with Gasteiger partial charge in [-0.2, -0.15) is 0 Å². The fourth-order valence-electron chi connectivity index (χ4n) is 4.03. The lowest BCUT2D eigenvalue weighted by Gasteiger charge is -2.40. The minimum atomic E-state index is 0.410. The molecule has 0 amide bonds. The molecule has 1 aliphatic heterocycles. The molecule has 0 radical (unpaired) electrons. The first-order valence-electron chi connectivity index (χ1n) is 9.07. The summed E-state index contributed by atoms with van der Waals surface area (Å²) >= 11 is 0. The van der Waals surface area contributed by atoms with Gasteiger partial charge in [0, 0.05) is 24.7 Å². The second-order valence-corrected chi connectivity index (χ2v) is 7.76. The topological polar surface area (TPSA) is 29.3 Å². The zero-order chi connectivity index (χ0) is 14.6. The van der Waals surface area contributed by atoms with Crippen molar-refractivity contribution in [2.45, 2.75) is 96.6 Å². The molecule has 2 nitrogen and oxygen atoms in total. The van der Waals surface area contributed by atoms with Crippen LogP contribution in [0.2, 0.25) is 0 Å². The van der Waals surface area contributed by atoms with Gasteiger partial charge in [-0.05, 0) is 38.0 Å². The molecule has 2 unspecified atom stereocenters. The standard InChI is InChI=1S/C18H36N2/c1-4-6-8-9-11-17(3,10-7-5-2)20-14-16(19)18(15-20)12-13-18/h16H,4-15,19H2,1-3H3. The zero-order valence-electron chi connectivity index (χ0n) is 14.1. The highest BCUT2D eigenvalue weighted by Crippen LogP contribution is 2.53. The highest BCUT2D eigenvalue weighted by atomic mass is 15.3. The fraction of sp³-hybridized carbons (Fsp3) is 1.00. The Hall–Kier alpha value is -0.0800. The Bertz CT molecular complexity index is 298. The first kappa shape index (κ1) is 16.3. The van der Waals surface area contributed by atoms with Gasteiger partial charge in [0.15, 0.2) is 0 Å². The van der Waals surface area contributed by atoms with E-state index in [1.54, 1.807) is 0 Å². The third-order valence-corrected chi connectivity index (χ3v) is 6.00. The van der Waals surface area contributed by atoms with Gasteiger partial charge in [0.1, 0.15) is 0 Å². The van der Waals surface area contributed by atoms with Crippen LogP contribution in [-0.2, 0) is 0 Å². The molecule has 2 N–H and O–H groups in total. The van der Waals surface area contributed by atoms with Gasteiger partial charge in [-0.3, -0.25) is 4.90 Å². The maximum atomic E-state index is 6.43. The lowest BCUT2D eigenvalue weighted by atomic mass is 9.87. The van der Waals surface area contributed by atoms with Crippen LogP contribution in [0.3, 0.4) is 0 Å². The number of likely N-dealkylation sites (tertiary alicyclic amines) is 1. The Morgan fingerprint density at radius 2 is 1.70 bits per heavy atom. The van der Waals surface area contributed by atoms with E-state index in [1.807, 2.05) is 0 Å². The van der Waals surface area contributed by atoms with E-state index in [0.29, 0.717) is 17.0 Å². The van der Waals surface area contributed by atoms with Crippen LogP contribution in [-0.4, -0.2) is 29.6 Å². The quantitative estimate of drug-likeness (QED) is 0.637. The van der Waals surface area contributed by atoms with E-state index in [1.165, 1.54) is 70.8 Å². The Kier molecular flexibility index (Phi) is 5.53. The Balaban J connectivity index is 1.91. The third kappa shape index (κ3) is 3.57. The molecule has 2 aliphatic rings. The van der Waals surface area contributed by atoms with Crippen LogP contribution >= 0.6 is 0 Å². The number of hydrogen-bond donors (Lipinski definition) is 1. The maximum absolute atomic E-state index is 6.43. The molecule has 2 fully saturated rings. The van der Waals surface area contributed by atoms with E-state index >= 15 is 0 Å². The van der Waals surface area contributed by atoms with E-state index < -0.39 is 0 Å². The summed E-state index contributed by atoms with van der Waals surface area (Å²) in [6.07, 6.45) is 13.7. The summed E-state index contributed by atoms with van der Waals surface area (Å²) in [5.74, 6) is 0. The van der Waals surface area contributed by atoms with Gasteiger partial charge >= 0.3 is 0 Å². The normalized spacial score (nSPS) is 27.9. The molecule has 1 saturated heterocycles. The number of nitrogens with zero attached hydrogens (tertiary/aromatic N) is 1. The summed E-state index contributed by atoms with van der Waals surface area (Å²) in [4.78, 5) is 2.77. The average molecular weight is 280 g/mol. The van der Waals surface area contributed by atoms with Crippen molar-refractivity contribution >= 4 is 0 Å². The molecule has 0 aromatic carbocycles. The highest BCUT2D eigenvalue weighted by Gasteiger charge is 2.55. The molecular formula is C18H36N2. The van der Waals surface area contributed by atoms with Crippen molar-refractivity contribution in [2.24, 2.45) is 11.1 Å². The first-order chi connectivity index (χ1) is 9.56. The van der Waals surface area contributed by atoms with Crippen molar-refractivity contribution in [2.75, 3.05) is 13.1 Å². The molecule has 2 rings (SSSR count). The van der Waals surface area contributed by atoms with Gasteiger partial charge in [-0.1, -0.05) is 52.4 Å². The Labute approximate surface area is 126 Å². The summed E-state index contributed by atoms with van der Waals surface area (Å²) < 4.78 is 0. The minimum Gasteiger partial charge on any atom is -0.326 e. The smallest absolute Gasteiger partial charge is 0.0237 e. The van der Waals surface area contributed by atoms with Crippen LogP contribution in [0.5, 0.6) is 0 Å². The van der Waals surface area contributed by atoms with Crippen molar-refractivity contribution in [3.05, 3.63) is 0 Å². The second-order valence-electron chi connectivity index (χ2n) is 7.76. The van der Waals surface area contributed by atoms with Crippen LogP contribution < -0.4 is 5.73 Å². The lowest BCUT2D eigenvalue weighted by Crippen LogP contribution is -2.46. The monoisotopic (exact) mass is 280 g/mol. The molecule has 1 aliphatic carbocycles. The van der Waals surface area contributed by atoms with Crippen LogP contribution in [0.4, 0.5) is 0 Å². The van der Waals surface area contributed by atoms with E-state index in [0.717, 1.165) is 6.54 Å². The van der Waals surface area contributed by atoms with Crippen LogP contribution in [0.1, 0.15) is 85.0 Å². The number of hydrogen-bond acceptors (Lipinski definition) is 2. The highest BCUT2D eigenvalue weighted by molar-refractivity contribution is 5.11.